The number of hydrogen-bond acceptors (Lipinski definition) is 5. The molecule has 1 atom stereocenters. The monoisotopic (exact) mass is 345 g/mol. The number of thioether (sulfide) groups is 1. The number of carbonyl (C=O) groups excluding carboxylic acids is 2. The van der Waals surface area contributed by atoms with Gasteiger partial charge in [0, 0.05) is 24.4 Å². The summed E-state index contributed by atoms with van der Waals surface area (Å²) in [5.74, 6) is 0.0253. The minimum absolute atomic E-state index is 0.168. The summed E-state index contributed by atoms with van der Waals surface area (Å²) in [6.45, 7) is 2.34. The first-order chi connectivity index (χ1) is 10.5. The molecule has 0 heterocycles. The summed E-state index contributed by atoms with van der Waals surface area (Å²) in [7, 11) is 1.55. The second-order valence-electron chi connectivity index (χ2n) is 4.50. The van der Waals surface area contributed by atoms with Crippen molar-refractivity contribution in [2.75, 3.05) is 26.0 Å². The quantitative estimate of drug-likeness (QED) is 0.549. The Balaban J connectivity index is 2.25. The van der Waals surface area contributed by atoms with Crippen molar-refractivity contribution < 1.29 is 19.1 Å². The Labute approximate surface area is 139 Å². The molecule has 7 heteroatoms. The molecule has 1 aromatic carbocycles. The zero-order valence-corrected chi connectivity index (χ0v) is 14.2. The van der Waals surface area contributed by atoms with Crippen LogP contribution in [-0.4, -0.2) is 44.0 Å². The number of amides is 1. The van der Waals surface area contributed by atoms with Crippen LogP contribution in [0.3, 0.4) is 0 Å². The van der Waals surface area contributed by atoms with Crippen molar-refractivity contribution in [3.8, 4) is 0 Å². The molecule has 1 N–H and O–H groups in total. The van der Waals surface area contributed by atoms with Gasteiger partial charge in [-0.1, -0.05) is 29.8 Å². The topological polar surface area (TPSA) is 64.6 Å². The summed E-state index contributed by atoms with van der Waals surface area (Å²) < 4.78 is 9.89. The summed E-state index contributed by atoms with van der Waals surface area (Å²) in [5, 5.41) is 3.29. The van der Waals surface area contributed by atoms with Gasteiger partial charge in [-0.2, -0.15) is 0 Å². The maximum atomic E-state index is 11.7. The minimum atomic E-state index is -0.815. The van der Waals surface area contributed by atoms with Gasteiger partial charge in [-0.3, -0.25) is 9.59 Å². The Hall–Kier alpha value is -1.24. The van der Waals surface area contributed by atoms with Crippen molar-refractivity contribution in [3.05, 3.63) is 34.9 Å². The Kier molecular flexibility index (Phi) is 8.96. The molecule has 1 aromatic rings. The summed E-state index contributed by atoms with van der Waals surface area (Å²) in [6.07, 6.45) is -0.815. The first-order valence-corrected chi connectivity index (χ1v) is 8.35. The van der Waals surface area contributed by atoms with Gasteiger partial charge in [-0.05, 0) is 18.6 Å². The number of carbonyl (C=O) groups is 2. The number of benzene rings is 1. The second-order valence-corrected chi connectivity index (χ2v) is 5.89. The van der Waals surface area contributed by atoms with Gasteiger partial charge < -0.3 is 14.8 Å². The summed E-state index contributed by atoms with van der Waals surface area (Å²) in [5.41, 5.74) is 0.965. The highest BCUT2D eigenvalue weighted by molar-refractivity contribution is 7.99. The predicted octanol–water partition coefficient (Wildman–Crippen LogP) is 2.27. The molecule has 0 bridgehead atoms. The summed E-state index contributed by atoms with van der Waals surface area (Å²) >= 11 is 7.43. The molecule has 0 aromatic heterocycles. The molecule has 0 saturated heterocycles. The van der Waals surface area contributed by atoms with Gasteiger partial charge in [0.15, 0.2) is 6.10 Å². The third kappa shape index (κ3) is 7.15. The molecule has 1 rings (SSSR count). The Morgan fingerprint density at radius 2 is 2.09 bits per heavy atom. The summed E-state index contributed by atoms with van der Waals surface area (Å²) in [4.78, 5) is 23.3. The van der Waals surface area contributed by atoms with Crippen LogP contribution in [0.4, 0.5) is 0 Å². The molecule has 0 fully saturated rings. The number of nitrogens with one attached hydrogen (secondary N) is 1. The summed E-state index contributed by atoms with van der Waals surface area (Å²) in [6, 6.07) is 7.47. The van der Waals surface area contributed by atoms with Crippen LogP contribution >= 0.6 is 23.4 Å². The van der Waals surface area contributed by atoms with E-state index < -0.39 is 12.1 Å². The van der Waals surface area contributed by atoms with Crippen molar-refractivity contribution in [1.82, 2.24) is 5.32 Å². The number of hydrogen-bond donors (Lipinski definition) is 1. The number of ether oxygens (including phenoxy) is 2. The van der Waals surface area contributed by atoms with Gasteiger partial charge >= 0.3 is 5.97 Å². The largest absolute Gasteiger partial charge is 0.452 e. The molecule has 0 aliphatic rings. The van der Waals surface area contributed by atoms with Crippen LogP contribution in [0.5, 0.6) is 0 Å². The van der Waals surface area contributed by atoms with E-state index in [9.17, 15) is 9.59 Å². The number of esters is 1. The van der Waals surface area contributed by atoms with Gasteiger partial charge in [0.1, 0.15) is 0 Å². The minimum Gasteiger partial charge on any atom is -0.452 e. The zero-order valence-electron chi connectivity index (χ0n) is 12.6. The Morgan fingerprint density at radius 1 is 1.36 bits per heavy atom. The van der Waals surface area contributed by atoms with E-state index in [2.05, 4.69) is 5.32 Å². The first-order valence-electron chi connectivity index (χ1n) is 6.82. The molecule has 0 spiro atoms. The van der Waals surface area contributed by atoms with Crippen LogP contribution in [0.25, 0.3) is 0 Å². The van der Waals surface area contributed by atoms with E-state index in [1.54, 1.807) is 14.0 Å². The van der Waals surface area contributed by atoms with Gasteiger partial charge in [-0.15, -0.1) is 11.8 Å². The van der Waals surface area contributed by atoms with Crippen molar-refractivity contribution in [2.45, 2.75) is 18.8 Å². The van der Waals surface area contributed by atoms with Crippen LogP contribution in [-0.2, 0) is 24.8 Å². The third-order valence-corrected chi connectivity index (χ3v) is 4.04. The lowest BCUT2D eigenvalue weighted by atomic mass is 10.2. The van der Waals surface area contributed by atoms with E-state index in [1.165, 1.54) is 11.8 Å². The Bertz CT molecular complexity index is 498. The smallest absolute Gasteiger partial charge is 0.316 e. The maximum Gasteiger partial charge on any atom is 0.316 e. The van der Waals surface area contributed by atoms with Crippen molar-refractivity contribution in [1.29, 1.82) is 0 Å². The average Bonchev–Trinajstić information content (AvgIpc) is 2.49. The third-order valence-electron chi connectivity index (χ3n) is 2.72. The van der Waals surface area contributed by atoms with E-state index in [4.69, 9.17) is 21.1 Å². The van der Waals surface area contributed by atoms with Crippen LogP contribution < -0.4 is 5.32 Å². The van der Waals surface area contributed by atoms with Crippen molar-refractivity contribution in [3.63, 3.8) is 0 Å². The van der Waals surface area contributed by atoms with Crippen molar-refractivity contribution in [2.24, 2.45) is 0 Å². The van der Waals surface area contributed by atoms with E-state index in [-0.39, 0.29) is 11.7 Å². The fraction of sp³-hybridized carbons (Fsp3) is 0.467. The molecule has 0 saturated carbocycles. The molecule has 1 amide bonds. The normalized spacial score (nSPS) is 11.8. The molecular formula is C15H20ClNO4S. The van der Waals surface area contributed by atoms with Gasteiger partial charge in [0.25, 0.3) is 5.91 Å². The second kappa shape index (κ2) is 10.5. The fourth-order valence-corrected chi connectivity index (χ4v) is 2.65. The molecule has 0 aliphatic carbocycles. The lowest BCUT2D eigenvalue weighted by molar-refractivity contribution is -0.152. The number of rotatable bonds is 9. The fourth-order valence-electron chi connectivity index (χ4n) is 1.56. The van der Waals surface area contributed by atoms with E-state index in [0.717, 1.165) is 5.56 Å². The lowest BCUT2D eigenvalue weighted by Crippen LogP contribution is -2.37. The standard InChI is InChI=1S/C15H20ClNO4S/c1-11(15(19)17-7-8-20-2)21-14(18)10-22-9-12-5-3-4-6-13(12)16/h3-6,11H,7-10H2,1-2H3,(H,17,19)/t11-/m1/s1. The molecule has 122 valence electrons. The van der Waals surface area contributed by atoms with Crippen LogP contribution in [0, 0.1) is 0 Å². The zero-order chi connectivity index (χ0) is 16.4. The van der Waals surface area contributed by atoms with E-state index >= 15 is 0 Å². The van der Waals surface area contributed by atoms with Crippen LogP contribution in [0.15, 0.2) is 24.3 Å². The first kappa shape index (κ1) is 18.8. The molecule has 0 aliphatic heterocycles. The highest BCUT2D eigenvalue weighted by Crippen LogP contribution is 2.20. The molecule has 5 nitrogen and oxygen atoms in total. The number of halogens is 1. The molecule has 22 heavy (non-hydrogen) atoms. The van der Waals surface area contributed by atoms with E-state index in [0.29, 0.717) is 23.9 Å². The highest BCUT2D eigenvalue weighted by atomic mass is 35.5. The SMILES string of the molecule is COCCNC(=O)[C@@H](C)OC(=O)CSCc1ccccc1Cl. The number of methoxy groups -OCH3 is 1. The van der Waals surface area contributed by atoms with Crippen LogP contribution in [0.1, 0.15) is 12.5 Å². The predicted molar refractivity (Wildman–Crippen MR) is 88.1 cm³/mol. The maximum absolute atomic E-state index is 11.7. The molecule has 0 radical (unpaired) electrons. The Morgan fingerprint density at radius 3 is 2.77 bits per heavy atom. The van der Waals surface area contributed by atoms with Gasteiger partial charge in [0.05, 0.1) is 12.4 Å². The van der Waals surface area contributed by atoms with E-state index in [1.807, 2.05) is 24.3 Å². The van der Waals surface area contributed by atoms with Gasteiger partial charge in [-0.25, -0.2) is 0 Å². The highest BCUT2D eigenvalue weighted by Gasteiger charge is 2.17. The van der Waals surface area contributed by atoms with Gasteiger partial charge in [0.2, 0.25) is 0 Å². The van der Waals surface area contributed by atoms with Crippen LogP contribution in [0.2, 0.25) is 5.02 Å². The average molecular weight is 346 g/mol. The molecule has 0 unspecified atom stereocenters. The lowest BCUT2D eigenvalue weighted by Gasteiger charge is -2.13. The van der Waals surface area contributed by atoms with Crippen molar-refractivity contribution >= 4 is 35.2 Å². The molecular weight excluding hydrogens is 326 g/mol.